The van der Waals surface area contributed by atoms with Crippen molar-refractivity contribution in [3.05, 3.63) is 29.6 Å². The molecule has 0 aliphatic heterocycles. The van der Waals surface area contributed by atoms with Crippen molar-refractivity contribution in [3.63, 3.8) is 0 Å². The van der Waals surface area contributed by atoms with Crippen LogP contribution in [0.1, 0.15) is 18.9 Å². The van der Waals surface area contributed by atoms with Gasteiger partial charge in [-0.05, 0) is 31.5 Å². The summed E-state index contributed by atoms with van der Waals surface area (Å²) in [6.07, 6.45) is 0.268. The highest BCUT2D eigenvalue weighted by molar-refractivity contribution is 5.37. The maximum atomic E-state index is 12.9. The normalized spacial score (nSPS) is 15.1. The lowest BCUT2D eigenvalue weighted by Crippen LogP contribution is -2.34. The Kier molecular flexibility index (Phi) is 3.08. The number of hydrogen-bond acceptors (Lipinski definition) is 3. The van der Waals surface area contributed by atoms with E-state index in [1.807, 2.05) is 0 Å². The number of rotatable bonds is 3. The second-order valence-electron chi connectivity index (χ2n) is 3.55. The van der Waals surface area contributed by atoms with Gasteiger partial charge in [-0.2, -0.15) is 0 Å². The molecule has 14 heavy (non-hydrogen) atoms. The number of aliphatic hydroxyl groups excluding tert-OH is 1. The summed E-state index contributed by atoms with van der Waals surface area (Å²) in [4.78, 5) is 0. The Morgan fingerprint density at radius 1 is 1.50 bits per heavy atom. The van der Waals surface area contributed by atoms with Gasteiger partial charge in [-0.15, -0.1) is 0 Å². The highest BCUT2D eigenvalue weighted by Crippen LogP contribution is 2.29. The number of halogens is 1. The summed E-state index contributed by atoms with van der Waals surface area (Å²) >= 11 is 0. The van der Waals surface area contributed by atoms with Crippen LogP contribution in [-0.2, 0) is 5.54 Å². The number of hydrogen-bond donors (Lipinski definition) is 3. The molecule has 0 aromatic heterocycles. The first kappa shape index (κ1) is 10.9. The predicted molar refractivity (Wildman–Crippen MR) is 51.3 cm³/mol. The van der Waals surface area contributed by atoms with E-state index in [0.717, 1.165) is 6.07 Å². The zero-order chi connectivity index (χ0) is 10.8. The predicted octanol–water partition coefficient (Wildman–Crippen LogP) is 1.09. The van der Waals surface area contributed by atoms with Crippen LogP contribution in [0.4, 0.5) is 4.39 Å². The lowest BCUT2D eigenvalue weighted by molar-refractivity contribution is 0.244. The van der Waals surface area contributed by atoms with Crippen LogP contribution in [0, 0.1) is 5.82 Å². The lowest BCUT2D eigenvalue weighted by atomic mass is 9.89. The molecule has 0 amide bonds. The van der Waals surface area contributed by atoms with E-state index in [1.165, 1.54) is 12.1 Å². The Morgan fingerprint density at radius 2 is 2.14 bits per heavy atom. The van der Waals surface area contributed by atoms with E-state index >= 15 is 0 Å². The first-order valence-electron chi connectivity index (χ1n) is 4.36. The molecule has 1 unspecified atom stereocenters. The molecule has 4 N–H and O–H groups in total. The molecule has 4 heteroatoms. The SMILES string of the molecule is CC(N)(CCO)c1cc(F)ccc1O. The molecule has 0 aliphatic carbocycles. The highest BCUT2D eigenvalue weighted by atomic mass is 19.1. The van der Waals surface area contributed by atoms with Gasteiger partial charge < -0.3 is 15.9 Å². The second-order valence-corrected chi connectivity index (χ2v) is 3.55. The van der Waals surface area contributed by atoms with Crippen molar-refractivity contribution in [3.8, 4) is 5.75 Å². The van der Waals surface area contributed by atoms with Crippen LogP contribution in [0.5, 0.6) is 5.75 Å². The molecule has 1 aromatic rings. The maximum Gasteiger partial charge on any atom is 0.123 e. The zero-order valence-corrected chi connectivity index (χ0v) is 8.00. The maximum absolute atomic E-state index is 12.9. The number of phenols is 1. The van der Waals surface area contributed by atoms with Crippen molar-refractivity contribution in [1.82, 2.24) is 0 Å². The van der Waals surface area contributed by atoms with E-state index in [1.54, 1.807) is 6.92 Å². The number of aliphatic hydroxyl groups is 1. The van der Waals surface area contributed by atoms with Crippen molar-refractivity contribution >= 4 is 0 Å². The third-order valence-corrected chi connectivity index (χ3v) is 2.21. The summed E-state index contributed by atoms with van der Waals surface area (Å²) in [6.45, 7) is 1.53. The van der Waals surface area contributed by atoms with Gasteiger partial charge in [0.2, 0.25) is 0 Å². The van der Waals surface area contributed by atoms with Gasteiger partial charge in [-0.3, -0.25) is 0 Å². The molecule has 0 bridgehead atoms. The van der Waals surface area contributed by atoms with Crippen LogP contribution in [-0.4, -0.2) is 16.8 Å². The van der Waals surface area contributed by atoms with E-state index in [0.29, 0.717) is 5.56 Å². The molecule has 1 rings (SSSR count). The summed E-state index contributed by atoms with van der Waals surface area (Å²) in [5.41, 5.74) is 5.23. The largest absolute Gasteiger partial charge is 0.508 e. The molecular weight excluding hydrogens is 185 g/mol. The topological polar surface area (TPSA) is 66.5 Å². The lowest BCUT2D eigenvalue weighted by Gasteiger charge is -2.25. The molecule has 3 nitrogen and oxygen atoms in total. The van der Waals surface area contributed by atoms with E-state index in [2.05, 4.69) is 0 Å². The molecule has 0 aliphatic rings. The standard InChI is InChI=1S/C10H14FNO2/c1-10(12,4-5-13)8-6-7(11)2-3-9(8)14/h2-3,6,13-14H,4-5,12H2,1H3. The quantitative estimate of drug-likeness (QED) is 0.682. The summed E-state index contributed by atoms with van der Waals surface area (Å²) in [5, 5.41) is 18.2. The number of benzene rings is 1. The van der Waals surface area contributed by atoms with Gasteiger partial charge >= 0.3 is 0 Å². The first-order valence-corrected chi connectivity index (χ1v) is 4.36. The fourth-order valence-corrected chi connectivity index (χ4v) is 1.33. The van der Waals surface area contributed by atoms with Crippen LogP contribution in [0.2, 0.25) is 0 Å². The summed E-state index contributed by atoms with van der Waals surface area (Å²) in [5.74, 6) is -0.503. The first-order chi connectivity index (χ1) is 6.47. The number of aromatic hydroxyl groups is 1. The van der Waals surface area contributed by atoms with Crippen molar-refractivity contribution in [2.75, 3.05) is 6.61 Å². The fraction of sp³-hybridized carbons (Fsp3) is 0.400. The minimum absolute atomic E-state index is 0.0511. The third kappa shape index (κ3) is 2.21. The number of nitrogens with two attached hydrogens (primary N) is 1. The van der Waals surface area contributed by atoms with Gasteiger partial charge in [0.15, 0.2) is 0 Å². The third-order valence-electron chi connectivity index (χ3n) is 2.21. The average molecular weight is 199 g/mol. The Morgan fingerprint density at radius 3 is 2.71 bits per heavy atom. The van der Waals surface area contributed by atoms with Crippen LogP contribution >= 0.6 is 0 Å². The molecule has 0 heterocycles. The molecule has 0 fully saturated rings. The van der Waals surface area contributed by atoms with Gasteiger partial charge in [0.25, 0.3) is 0 Å². The fourth-order valence-electron chi connectivity index (χ4n) is 1.33. The second kappa shape index (κ2) is 3.94. The smallest absolute Gasteiger partial charge is 0.123 e. The molecule has 1 atom stereocenters. The molecule has 0 spiro atoms. The van der Waals surface area contributed by atoms with Crippen LogP contribution < -0.4 is 5.73 Å². The molecule has 0 radical (unpaired) electrons. The van der Waals surface area contributed by atoms with E-state index in [9.17, 15) is 9.50 Å². The Labute approximate surface area is 82.0 Å². The Hall–Kier alpha value is -1.13. The van der Waals surface area contributed by atoms with E-state index in [-0.39, 0.29) is 18.8 Å². The number of phenolic OH excluding ortho intramolecular Hbond substituents is 1. The molecular formula is C10H14FNO2. The van der Waals surface area contributed by atoms with Gasteiger partial charge in [-0.25, -0.2) is 4.39 Å². The van der Waals surface area contributed by atoms with Crippen LogP contribution in [0.25, 0.3) is 0 Å². The summed E-state index contributed by atoms with van der Waals surface area (Å²) < 4.78 is 12.9. The minimum atomic E-state index is -0.916. The van der Waals surface area contributed by atoms with Crippen molar-refractivity contribution < 1.29 is 14.6 Å². The van der Waals surface area contributed by atoms with Gasteiger partial charge in [0.05, 0.1) is 0 Å². The molecule has 0 saturated carbocycles. The van der Waals surface area contributed by atoms with Gasteiger partial charge in [-0.1, -0.05) is 0 Å². The average Bonchev–Trinajstić information content (AvgIpc) is 2.09. The monoisotopic (exact) mass is 199 g/mol. The molecule has 78 valence electrons. The Bertz CT molecular complexity index is 326. The summed E-state index contributed by atoms with van der Waals surface area (Å²) in [7, 11) is 0. The minimum Gasteiger partial charge on any atom is -0.508 e. The summed E-state index contributed by atoms with van der Waals surface area (Å²) in [6, 6.07) is 3.60. The van der Waals surface area contributed by atoms with Crippen LogP contribution in [0.15, 0.2) is 18.2 Å². The van der Waals surface area contributed by atoms with Crippen LogP contribution in [0.3, 0.4) is 0 Å². The molecule has 1 aromatic carbocycles. The van der Waals surface area contributed by atoms with Gasteiger partial charge in [0.1, 0.15) is 11.6 Å². The van der Waals surface area contributed by atoms with Crippen molar-refractivity contribution in [2.45, 2.75) is 18.9 Å². The van der Waals surface area contributed by atoms with Gasteiger partial charge in [0, 0.05) is 17.7 Å². The van der Waals surface area contributed by atoms with Crippen molar-refractivity contribution in [1.29, 1.82) is 0 Å². The Balaban J connectivity index is 3.10. The highest BCUT2D eigenvalue weighted by Gasteiger charge is 2.24. The van der Waals surface area contributed by atoms with E-state index < -0.39 is 11.4 Å². The van der Waals surface area contributed by atoms with E-state index in [4.69, 9.17) is 10.8 Å². The zero-order valence-electron chi connectivity index (χ0n) is 8.00. The molecule has 0 saturated heterocycles. The van der Waals surface area contributed by atoms with Crippen molar-refractivity contribution in [2.24, 2.45) is 5.73 Å².